The fourth-order valence-electron chi connectivity index (χ4n) is 7.86. The minimum absolute atomic E-state index is 0. The number of rotatable bonds is 27. The van der Waals surface area contributed by atoms with Gasteiger partial charge in [0.25, 0.3) is 0 Å². The van der Waals surface area contributed by atoms with E-state index >= 15 is 0 Å². The van der Waals surface area contributed by atoms with E-state index in [1.165, 1.54) is 0 Å². The number of nitrogens with two attached hydrogens (primary N) is 4. The van der Waals surface area contributed by atoms with Crippen LogP contribution in [0, 0.1) is 0 Å². The quantitative estimate of drug-likeness (QED) is 0.0121. The molecular formula is C56H72Cl2N8O8. The summed E-state index contributed by atoms with van der Waals surface area (Å²) in [7, 11) is 0. The van der Waals surface area contributed by atoms with Gasteiger partial charge in [-0.05, 0) is 83.3 Å². The van der Waals surface area contributed by atoms with Crippen LogP contribution in [0.4, 0.5) is 0 Å². The Labute approximate surface area is 446 Å². The summed E-state index contributed by atoms with van der Waals surface area (Å²) in [6.45, 7) is 1.40. The van der Waals surface area contributed by atoms with E-state index in [0.29, 0.717) is 63.1 Å². The van der Waals surface area contributed by atoms with Crippen LogP contribution in [0.5, 0.6) is 11.5 Å². The zero-order valence-corrected chi connectivity index (χ0v) is 41.6. The van der Waals surface area contributed by atoms with Gasteiger partial charge in [0.05, 0.1) is 26.3 Å². The number of esters is 2. The van der Waals surface area contributed by atoms with Gasteiger partial charge in [0.1, 0.15) is 36.8 Å². The van der Waals surface area contributed by atoms with Crippen molar-refractivity contribution in [3.63, 3.8) is 0 Å². The molecule has 0 aliphatic rings. The molecule has 6 aromatic carbocycles. The highest BCUT2D eigenvalue weighted by molar-refractivity contribution is 6.09. The third-order valence-corrected chi connectivity index (χ3v) is 11.3. The Morgan fingerprint density at radius 3 is 1.22 bits per heavy atom. The third kappa shape index (κ3) is 19.8. The molecule has 12 N–H and O–H groups in total. The van der Waals surface area contributed by atoms with E-state index in [2.05, 4.69) is 20.6 Å². The molecule has 398 valence electrons. The minimum atomic E-state index is -0.871. The first-order valence-electron chi connectivity index (χ1n) is 23.6. The molecule has 0 saturated heterocycles. The van der Waals surface area contributed by atoms with Gasteiger partial charge in [0.15, 0.2) is 0 Å². The van der Waals surface area contributed by atoms with Crippen LogP contribution in [0.2, 0.25) is 0 Å². The fourth-order valence-corrected chi connectivity index (χ4v) is 7.86. The van der Waals surface area contributed by atoms with Crippen molar-refractivity contribution in [3.8, 4) is 22.6 Å². The molecule has 6 aromatic rings. The smallest absolute Gasteiger partial charge is 0.338 e. The standard InChI is InChI=1S/C54H62N8O8.2CH4.2ClH/c55-53(56)59-31-11-23-43(51(65)69-35-37-15-3-1-4-16-37)61-47(63)25-13-33-67-45-29-27-39-19-7-9-21-41(39)49(45)50-42-22-10-8-20-40(42)28-30-46(50)68-34-14-26-48(64)62-44(24-12-32-60-54(57)58)52(66)70-36-38-17-5-2-6-18-38;;;;/h1-10,15-22,27-30,43-44H,11-14,23-26,31-36H2,(H,61,63)(H,62,64)(H4,55,56,59)(H4,57,58,60);2*1H4;2*1H/t43-,44-;;;;/m1..../s1. The van der Waals surface area contributed by atoms with Crippen molar-refractivity contribution in [1.29, 1.82) is 0 Å². The van der Waals surface area contributed by atoms with E-state index in [1.54, 1.807) is 0 Å². The van der Waals surface area contributed by atoms with Crippen LogP contribution in [0.1, 0.15) is 77.3 Å². The zero-order chi connectivity index (χ0) is 49.5. The van der Waals surface area contributed by atoms with Gasteiger partial charge >= 0.3 is 23.9 Å². The molecule has 0 radical (unpaired) electrons. The first-order valence-corrected chi connectivity index (χ1v) is 23.6. The first-order chi connectivity index (χ1) is 34.0. The maximum atomic E-state index is 13.3. The number of hydrogen-bond acceptors (Lipinski definition) is 8. The van der Waals surface area contributed by atoms with Crippen LogP contribution in [0.3, 0.4) is 0 Å². The lowest BCUT2D eigenvalue weighted by molar-refractivity contribution is -0.460. The molecular weight excluding hydrogens is 984 g/mol. The second-order valence-corrected chi connectivity index (χ2v) is 16.7. The van der Waals surface area contributed by atoms with E-state index in [9.17, 15) is 19.2 Å². The molecule has 0 bridgehead atoms. The van der Waals surface area contributed by atoms with Crippen LogP contribution in [-0.2, 0) is 41.9 Å². The number of fused-ring (bicyclic) bond motifs is 2. The molecule has 0 aliphatic carbocycles. The number of amides is 2. The Hall–Kier alpha value is -7.56. The number of halogens is 2. The number of hydrogen-bond donors (Lipinski definition) is 8. The van der Waals surface area contributed by atoms with Gasteiger partial charge < -0.3 is 54.4 Å². The van der Waals surface area contributed by atoms with E-state index in [-0.39, 0.29) is 103 Å². The second-order valence-electron chi connectivity index (χ2n) is 16.7. The highest BCUT2D eigenvalue weighted by Crippen LogP contribution is 2.45. The molecule has 0 fully saturated rings. The van der Waals surface area contributed by atoms with Crippen LogP contribution in [-0.4, -0.2) is 74.1 Å². The number of carbonyl (C=O) groups is 4. The van der Waals surface area contributed by atoms with Gasteiger partial charge in [-0.1, -0.05) is 136 Å². The van der Waals surface area contributed by atoms with Gasteiger partial charge in [0.2, 0.25) is 11.8 Å². The predicted molar refractivity (Wildman–Crippen MR) is 283 cm³/mol. The normalized spacial score (nSPS) is 11.1. The van der Waals surface area contributed by atoms with Crippen LogP contribution >= 0.6 is 0 Å². The first kappa shape index (κ1) is 62.6. The van der Waals surface area contributed by atoms with Gasteiger partial charge in [-0.2, -0.15) is 0 Å². The highest BCUT2D eigenvalue weighted by Gasteiger charge is 2.25. The number of nitrogens with one attached hydrogen (secondary N) is 4. The molecule has 0 spiro atoms. The molecule has 0 saturated carbocycles. The van der Waals surface area contributed by atoms with Crippen LogP contribution in [0.25, 0.3) is 32.7 Å². The highest BCUT2D eigenvalue weighted by atomic mass is 35.5. The maximum absolute atomic E-state index is 13.3. The number of carbonyl (C=O) groups excluding carboxylic acids is 4. The summed E-state index contributed by atoms with van der Waals surface area (Å²) in [4.78, 5) is 58.7. The van der Waals surface area contributed by atoms with Crippen molar-refractivity contribution in [1.82, 2.24) is 10.6 Å². The molecule has 18 heteroatoms. The van der Waals surface area contributed by atoms with Crippen molar-refractivity contribution < 1.29 is 72.9 Å². The Bertz CT molecular complexity index is 2550. The van der Waals surface area contributed by atoms with Crippen molar-refractivity contribution in [2.24, 2.45) is 22.9 Å². The Morgan fingerprint density at radius 1 is 0.473 bits per heavy atom. The lowest BCUT2D eigenvalue weighted by Crippen LogP contribution is -3.00. The molecule has 0 aromatic heterocycles. The summed E-state index contributed by atoms with van der Waals surface area (Å²) in [5, 5.41) is 9.57. The van der Waals surface area contributed by atoms with Gasteiger partial charge in [-0.25, -0.2) is 9.59 Å². The fraction of sp³-hybridized carbons (Fsp3) is 0.321. The SMILES string of the molecule is C.C.NC(N)=[NH+]CCC[C@@H](NC(=O)CCCOc1ccc2ccccc2c1-c1c(OCCCC(=O)N[C@H](CCC[NH+]=C(N)N)C(=O)OCc2ccccc2)ccc2ccccc12)C(=O)OCc1ccccc1.[Cl-].[Cl-]. The molecule has 74 heavy (non-hydrogen) atoms. The number of guanidine groups is 2. The average molecular weight is 1060 g/mol. The molecule has 6 rings (SSSR count). The Balaban J connectivity index is 0.00000469. The van der Waals surface area contributed by atoms with E-state index < -0.39 is 24.0 Å². The Kier molecular flexibility index (Phi) is 28.1. The lowest BCUT2D eigenvalue weighted by Gasteiger charge is -2.20. The van der Waals surface area contributed by atoms with Crippen molar-refractivity contribution in [2.75, 3.05) is 26.3 Å². The predicted octanol–water partition coefficient (Wildman–Crippen LogP) is -2.02. The minimum Gasteiger partial charge on any atom is -1.00 e. The van der Waals surface area contributed by atoms with E-state index in [0.717, 1.165) is 43.8 Å². The summed E-state index contributed by atoms with van der Waals surface area (Å²) in [6.07, 6.45) is 2.54. The average Bonchev–Trinajstić information content (AvgIpc) is 3.37. The third-order valence-electron chi connectivity index (χ3n) is 11.3. The van der Waals surface area contributed by atoms with Gasteiger partial charge in [-0.15, -0.1) is 0 Å². The summed E-state index contributed by atoms with van der Waals surface area (Å²) < 4.78 is 24.2. The van der Waals surface area contributed by atoms with Gasteiger partial charge in [-0.3, -0.25) is 42.5 Å². The van der Waals surface area contributed by atoms with E-state index in [1.807, 2.05) is 133 Å². The molecule has 2 atom stereocenters. The molecule has 0 heterocycles. The Morgan fingerprint density at radius 2 is 0.838 bits per heavy atom. The zero-order valence-electron chi connectivity index (χ0n) is 40.1. The number of ether oxygens (including phenoxy) is 4. The molecule has 2 amide bonds. The van der Waals surface area contributed by atoms with Crippen molar-refractivity contribution in [3.05, 3.63) is 145 Å². The number of benzene rings is 6. The van der Waals surface area contributed by atoms with E-state index in [4.69, 9.17) is 41.9 Å². The monoisotopic (exact) mass is 1050 g/mol. The molecule has 0 aliphatic heterocycles. The maximum Gasteiger partial charge on any atom is 0.338 e. The van der Waals surface area contributed by atoms with Crippen molar-refractivity contribution >= 4 is 57.2 Å². The summed E-state index contributed by atoms with van der Waals surface area (Å²) in [5.41, 5.74) is 25.5. The van der Waals surface area contributed by atoms with Gasteiger partial charge in [0, 0.05) is 24.0 Å². The summed E-state index contributed by atoms with van der Waals surface area (Å²) in [6, 6.07) is 40.8. The molecule has 16 nitrogen and oxygen atoms in total. The second kappa shape index (κ2) is 33.2. The molecule has 0 unspecified atom stereocenters. The topological polar surface area (TPSA) is 261 Å². The van der Waals surface area contributed by atoms with Crippen LogP contribution < -0.4 is 77.8 Å². The summed E-state index contributed by atoms with van der Waals surface area (Å²) in [5.74, 6) is -0.362. The van der Waals surface area contributed by atoms with Crippen molar-refractivity contribution in [2.45, 2.75) is 91.5 Å². The van der Waals surface area contributed by atoms with Crippen LogP contribution in [0.15, 0.2) is 133 Å². The lowest BCUT2D eigenvalue weighted by atomic mass is 9.92. The largest absolute Gasteiger partial charge is 1.00 e. The summed E-state index contributed by atoms with van der Waals surface area (Å²) >= 11 is 0.